The molecule has 0 saturated carbocycles. The summed E-state index contributed by atoms with van der Waals surface area (Å²) in [5.41, 5.74) is 6.07. The summed E-state index contributed by atoms with van der Waals surface area (Å²) >= 11 is 0. The highest BCUT2D eigenvalue weighted by molar-refractivity contribution is 5.76. The van der Waals surface area contributed by atoms with Crippen LogP contribution in [0.5, 0.6) is 0 Å². The molecule has 37 heavy (non-hydrogen) atoms. The molecule has 5 heterocycles. The average Bonchev–Trinajstić information content (AvgIpc) is 3.23. The van der Waals surface area contributed by atoms with Gasteiger partial charge in [0.05, 0.1) is 6.20 Å². The Morgan fingerprint density at radius 3 is 2.43 bits per heavy atom. The van der Waals surface area contributed by atoms with Crippen molar-refractivity contribution in [2.24, 2.45) is 7.05 Å². The van der Waals surface area contributed by atoms with E-state index in [1.165, 1.54) is 13.1 Å². The Hall–Kier alpha value is -3.29. The standard InChI is InChI=1S/C26H31FN6.C4H6/c1-31-15-20(16-31)33-9-6-17(7-10-33)18-11-24(27)23-4-3-22-21(19-13-29-32(2)14-19)5-8-28-26(22)30-25(23)12-18;1-3-4-2/h5,8,11-14,17,20H,3-4,6-7,9-10,15-16H2,1-2H3,(H,28,30);3-4H,1-2H2. The first-order valence-corrected chi connectivity index (χ1v) is 13.2. The summed E-state index contributed by atoms with van der Waals surface area (Å²) < 4.78 is 17.1. The number of fused-ring (bicyclic) bond motifs is 2. The Bertz CT molecular complexity index is 1260. The number of nitrogens with one attached hydrogen (secondary N) is 1. The van der Waals surface area contributed by atoms with Gasteiger partial charge in [0, 0.05) is 61.0 Å². The Morgan fingerprint density at radius 2 is 1.78 bits per heavy atom. The van der Waals surface area contributed by atoms with Gasteiger partial charge in [-0.25, -0.2) is 9.37 Å². The van der Waals surface area contributed by atoms with Crippen molar-refractivity contribution in [3.63, 3.8) is 0 Å². The lowest BCUT2D eigenvalue weighted by molar-refractivity contribution is 0.0363. The van der Waals surface area contributed by atoms with Crippen molar-refractivity contribution >= 4 is 11.5 Å². The number of allylic oxidation sites excluding steroid dienone is 2. The van der Waals surface area contributed by atoms with Gasteiger partial charge in [-0.1, -0.05) is 25.3 Å². The predicted molar refractivity (Wildman–Crippen MR) is 149 cm³/mol. The highest BCUT2D eigenvalue weighted by Gasteiger charge is 2.32. The van der Waals surface area contributed by atoms with Gasteiger partial charge in [-0.05, 0) is 81.1 Å². The maximum atomic E-state index is 15.3. The molecule has 194 valence electrons. The summed E-state index contributed by atoms with van der Waals surface area (Å²) in [6, 6.07) is 6.72. The number of nitrogens with zero attached hydrogens (tertiary/aromatic N) is 5. The van der Waals surface area contributed by atoms with Crippen LogP contribution in [-0.4, -0.2) is 63.8 Å². The minimum atomic E-state index is -0.0891. The number of hydrogen-bond donors (Lipinski definition) is 1. The van der Waals surface area contributed by atoms with Crippen molar-refractivity contribution in [1.29, 1.82) is 0 Å². The molecule has 0 bridgehead atoms. The van der Waals surface area contributed by atoms with Crippen molar-refractivity contribution in [2.45, 2.75) is 37.6 Å². The number of aromatic nitrogens is 3. The van der Waals surface area contributed by atoms with Gasteiger partial charge in [0.1, 0.15) is 11.6 Å². The van der Waals surface area contributed by atoms with E-state index in [1.807, 2.05) is 36.4 Å². The van der Waals surface area contributed by atoms with E-state index in [-0.39, 0.29) is 5.82 Å². The number of anilines is 2. The van der Waals surface area contributed by atoms with Gasteiger partial charge in [0.25, 0.3) is 0 Å². The van der Waals surface area contributed by atoms with Gasteiger partial charge < -0.3 is 10.2 Å². The van der Waals surface area contributed by atoms with E-state index in [2.05, 4.69) is 51.5 Å². The molecule has 3 aromatic rings. The van der Waals surface area contributed by atoms with Crippen LogP contribution in [0.1, 0.15) is 35.4 Å². The predicted octanol–water partition coefficient (Wildman–Crippen LogP) is 5.32. The number of piperidine rings is 1. The van der Waals surface area contributed by atoms with E-state index in [9.17, 15) is 0 Å². The third kappa shape index (κ3) is 5.38. The summed E-state index contributed by atoms with van der Waals surface area (Å²) in [6.07, 6.45) is 12.6. The van der Waals surface area contributed by atoms with Gasteiger partial charge in [0.2, 0.25) is 0 Å². The summed E-state index contributed by atoms with van der Waals surface area (Å²) in [6.45, 7) is 11.3. The topological polar surface area (TPSA) is 49.2 Å². The van der Waals surface area contributed by atoms with E-state index in [4.69, 9.17) is 0 Å². The quantitative estimate of drug-likeness (QED) is 0.492. The molecule has 1 N–H and O–H groups in total. The number of likely N-dealkylation sites (N-methyl/N-ethyl adjacent to an activating group) is 1. The van der Waals surface area contributed by atoms with Gasteiger partial charge >= 0.3 is 0 Å². The van der Waals surface area contributed by atoms with E-state index >= 15 is 4.39 Å². The number of hydrogen-bond acceptors (Lipinski definition) is 5. The summed E-state index contributed by atoms with van der Waals surface area (Å²) in [4.78, 5) is 9.61. The van der Waals surface area contributed by atoms with Crippen LogP contribution in [0, 0.1) is 5.82 Å². The molecular formula is C30H37FN6. The number of halogens is 1. The average molecular weight is 501 g/mol. The highest BCUT2D eigenvalue weighted by Crippen LogP contribution is 2.39. The number of pyridine rings is 1. The van der Waals surface area contributed by atoms with Crippen LogP contribution in [0.25, 0.3) is 11.1 Å². The van der Waals surface area contributed by atoms with Crippen LogP contribution < -0.4 is 5.32 Å². The molecule has 0 atom stereocenters. The molecule has 3 aliphatic rings. The Balaban J connectivity index is 0.000000655. The number of likely N-dealkylation sites (tertiary alicyclic amines) is 2. The van der Waals surface area contributed by atoms with Crippen molar-refractivity contribution in [1.82, 2.24) is 24.6 Å². The molecule has 0 spiro atoms. The fraction of sp³-hybridized carbons (Fsp3) is 0.400. The molecule has 6 nitrogen and oxygen atoms in total. The number of benzene rings is 1. The second-order valence-electron chi connectivity index (χ2n) is 10.4. The zero-order chi connectivity index (χ0) is 25.9. The lowest BCUT2D eigenvalue weighted by Gasteiger charge is -2.46. The summed E-state index contributed by atoms with van der Waals surface area (Å²) in [7, 11) is 4.10. The molecule has 6 rings (SSSR count). The zero-order valence-electron chi connectivity index (χ0n) is 22.0. The molecule has 0 unspecified atom stereocenters. The van der Waals surface area contributed by atoms with Crippen LogP contribution in [0.3, 0.4) is 0 Å². The number of aryl methyl sites for hydroxylation is 1. The van der Waals surface area contributed by atoms with Crippen molar-refractivity contribution in [3.8, 4) is 11.1 Å². The zero-order valence-corrected chi connectivity index (χ0v) is 22.0. The fourth-order valence-corrected chi connectivity index (χ4v) is 5.82. The molecule has 2 fully saturated rings. The molecule has 1 aromatic carbocycles. The molecule has 7 heteroatoms. The molecule has 0 aliphatic carbocycles. The van der Waals surface area contributed by atoms with Gasteiger partial charge in [-0.15, -0.1) is 0 Å². The van der Waals surface area contributed by atoms with Crippen LogP contribution in [0.4, 0.5) is 15.9 Å². The van der Waals surface area contributed by atoms with Crippen molar-refractivity contribution < 1.29 is 4.39 Å². The van der Waals surface area contributed by atoms with Crippen molar-refractivity contribution in [2.75, 3.05) is 38.5 Å². The summed E-state index contributed by atoms with van der Waals surface area (Å²) in [5, 5.41) is 7.82. The minimum Gasteiger partial charge on any atom is -0.340 e. The normalized spacial score (nSPS) is 18.4. The molecule has 0 radical (unpaired) electrons. The third-order valence-corrected chi connectivity index (χ3v) is 7.90. The van der Waals surface area contributed by atoms with E-state index in [0.717, 1.165) is 71.7 Å². The SMILES string of the molecule is C=CC=C.CN1CC(N2CCC(c3cc(F)c4c(c3)Nc3nccc(-c5cnn(C)c5)c3CC4)CC2)C1. The number of rotatable bonds is 4. The highest BCUT2D eigenvalue weighted by atomic mass is 19.1. The lowest BCUT2D eigenvalue weighted by atomic mass is 9.87. The maximum absolute atomic E-state index is 15.3. The maximum Gasteiger partial charge on any atom is 0.134 e. The minimum absolute atomic E-state index is 0.0891. The molecular weight excluding hydrogens is 463 g/mol. The molecule has 3 aliphatic heterocycles. The Kier molecular flexibility index (Phi) is 7.53. The van der Waals surface area contributed by atoms with E-state index in [0.29, 0.717) is 18.4 Å². The second kappa shape index (κ2) is 11.0. The largest absolute Gasteiger partial charge is 0.340 e. The summed E-state index contributed by atoms with van der Waals surface area (Å²) in [5.74, 6) is 1.16. The van der Waals surface area contributed by atoms with E-state index in [1.54, 1.807) is 18.2 Å². The van der Waals surface area contributed by atoms with Gasteiger partial charge in [-0.3, -0.25) is 9.58 Å². The van der Waals surface area contributed by atoms with E-state index < -0.39 is 0 Å². The van der Waals surface area contributed by atoms with Crippen LogP contribution in [0.2, 0.25) is 0 Å². The smallest absolute Gasteiger partial charge is 0.134 e. The monoisotopic (exact) mass is 500 g/mol. The van der Waals surface area contributed by atoms with Crippen LogP contribution in [-0.2, 0) is 19.9 Å². The fourth-order valence-electron chi connectivity index (χ4n) is 5.82. The first kappa shape index (κ1) is 25.4. The molecule has 0 amide bonds. The lowest BCUT2D eigenvalue weighted by Crippen LogP contribution is -2.59. The van der Waals surface area contributed by atoms with Crippen LogP contribution in [0.15, 0.2) is 62.1 Å². The third-order valence-electron chi connectivity index (χ3n) is 7.90. The Morgan fingerprint density at radius 1 is 1.05 bits per heavy atom. The van der Waals surface area contributed by atoms with Crippen molar-refractivity contribution in [3.05, 3.63) is 84.6 Å². The first-order valence-electron chi connectivity index (χ1n) is 13.2. The molecule has 2 saturated heterocycles. The van der Waals surface area contributed by atoms with Crippen LogP contribution >= 0.6 is 0 Å². The Labute approximate surface area is 219 Å². The van der Waals surface area contributed by atoms with Gasteiger partial charge in [-0.2, -0.15) is 5.10 Å². The second-order valence-corrected chi connectivity index (χ2v) is 10.4. The van der Waals surface area contributed by atoms with Gasteiger partial charge in [0.15, 0.2) is 0 Å². The molecule has 2 aromatic heterocycles. The first-order chi connectivity index (χ1) is 18.0.